The maximum Gasteiger partial charge on any atom is 0.224 e. The number of benzene rings is 1. The summed E-state index contributed by atoms with van der Waals surface area (Å²) < 4.78 is 3.74. The second-order valence-corrected chi connectivity index (χ2v) is 9.74. The molecule has 1 unspecified atom stereocenters. The lowest BCUT2D eigenvalue weighted by atomic mass is 10.1. The summed E-state index contributed by atoms with van der Waals surface area (Å²) in [5, 5.41) is 7.55. The molecule has 1 amide bonds. The third-order valence-electron chi connectivity index (χ3n) is 7.22. The molecule has 1 aliphatic rings. The summed E-state index contributed by atoms with van der Waals surface area (Å²) in [6.07, 6.45) is 10.7. The molecule has 0 spiro atoms. The number of nitrogens with zero attached hydrogens (tertiary/aromatic N) is 7. The van der Waals surface area contributed by atoms with E-state index in [9.17, 15) is 4.79 Å². The number of rotatable bonds is 6. The van der Waals surface area contributed by atoms with Gasteiger partial charge in [-0.1, -0.05) is 6.07 Å². The minimum absolute atomic E-state index is 0.00146. The molecule has 0 saturated heterocycles. The van der Waals surface area contributed by atoms with Gasteiger partial charge in [-0.2, -0.15) is 5.10 Å². The highest BCUT2D eigenvalue weighted by atomic mass is 16.1. The lowest BCUT2D eigenvalue weighted by Gasteiger charge is -2.16. The van der Waals surface area contributed by atoms with Crippen molar-refractivity contribution in [2.45, 2.75) is 25.3 Å². The molecule has 0 saturated carbocycles. The molecule has 0 fully saturated rings. The zero-order valence-electron chi connectivity index (χ0n) is 21.5. The van der Waals surface area contributed by atoms with Crippen LogP contribution in [0.5, 0.6) is 0 Å². The van der Waals surface area contributed by atoms with Gasteiger partial charge in [-0.25, -0.2) is 19.6 Å². The smallest absolute Gasteiger partial charge is 0.224 e. The molecule has 1 atom stereocenters. The van der Waals surface area contributed by atoms with Gasteiger partial charge in [-0.15, -0.1) is 0 Å². The van der Waals surface area contributed by atoms with Crippen LogP contribution in [0.1, 0.15) is 29.2 Å². The third kappa shape index (κ3) is 4.25. The van der Waals surface area contributed by atoms with Gasteiger partial charge in [-0.05, 0) is 84.1 Å². The fraction of sp³-hybridized carbons (Fsp3) is 0.133. The highest BCUT2D eigenvalue weighted by molar-refractivity contribution is 5.83. The van der Waals surface area contributed by atoms with E-state index in [0.717, 1.165) is 40.7 Å². The Kier molecular flexibility index (Phi) is 5.77. The number of anilines is 1. The number of nitrogens with two attached hydrogens (primary N) is 1. The van der Waals surface area contributed by atoms with E-state index in [-0.39, 0.29) is 11.9 Å². The maximum absolute atomic E-state index is 12.8. The number of carbonyl (C=O) groups excluding carboxylic acids is 1. The van der Waals surface area contributed by atoms with Gasteiger partial charge >= 0.3 is 0 Å². The van der Waals surface area contributed by atoms with Gasteiger partial charge < -0.3 is 11.1 Å². The fourth-order valence-corrected chi connectivity index (χ4v) is 5.34. The summed E-state index contributed by atoms with van der Waals surface area (Å²) in [6.45, 7) is 0. The van der Waals surface area contributed by atoms with Crippen LogP contribution >= 0.6 is 0 Å². The van der Waals surface area contributed by atoms with Crippen LogP contribution in [0.2, 0.25) is 0 Å². The first-order valence-electron chi connectivity index (χ1n) is 13.1. The molecular weight excluding hydrogens is 502 g/mol. The van der Waals surface area contributed by atoms with Crippen LogP contribution in [0.4, 0.5) is 5.82 Å². The van der Waals surface area contributed by atoms with Gasteiger partial charge in [0.25, 0.3) is 0 Å². The molecule has 1 aromatic carbocycles. The molecule has 3 N–H and O–H groups in total. The number of hydrogen-bond donors (Lipinski definition) is 2. The molecule has 6 aromatic rings. The average Bonchev–Trinajstić information content (AvgIpc) is 3.72. The molecule has 5 aromatic heterocycles. The van der Waals surface area contributed by atoms with E-state index in [1.54, 1.807) is 29.5 Å². The topological polar surface area (TPSA) is 129 Å². The van der Waals surface area contributed by atoms with Gasteiger partial charge in [0.1, 0.15) is 11.3 Å². The van der Waals surface area contributed by atoms with Gasteiger partial charge in [-0.3, -0.25) is 14.3 Å². The van der Waals surface area contributed by atoms with E-state index >= 15 is 0 Å². The summed E-state index contributed by atoms with van der Waals surface area (Å²) in [5.41, 5.74) is 12.6. The highest BCUT2D eigenvalue weighted by Crippen LogP contribution is 2.36. The van der Waals surface area contributed by atoms with Crippen LogP contribution in [-0.4, -0.2) is 40.2 Å². The Bertz CT molecular complexity index is 1840. The first-order valence-corrected chi connectivity index (χ1v) is 13.1. The summed E-state index contributed by atoms with van der Waals surface area (Å²) in [4.78, 5) is 30.9. The van der Waals surface area contributed by atoms with E-state index < -0.39 is 0 Å². The third-order valence-corrected chi connectivity index (χ3v) is 7.22. The quantitative estimate of drug-likeness (QED) is 0.335. The second kappa shape index (κ2) is 9.73. The van der Waals surface area contributed by atoms with Crippen molar-refractivity contribution < 1.29 is 4.79 Å². The molecule has 5 heterocycles. The van der Waals surface area contributed by atoms with Crippen LogP contribution in [0.25, 0.3) is 34.1 Å². The molecule has 1 aliphatic carbocycles. The number of nitrogen functional groups attached to an aromatic ring is 1. The lowest BCUT2D eigenvalue weighted by Crippen LogP contribution is -2.28. The molecule has 0 radical (unpaired) electrons. The van der Waals surface area contributed by atoms with Crippen molar-refractivity contribution in [3.63, 3.8) is 0 Å². The van der Waals surface area contributed by atoms with Crippen LogP contribution in [0.3, 0.4) is 0 Å². The SMILES string of the molecule is Nc1ncccc1-c1nc2ccc(-n3cccn3)nc2n1-c1ccc2c(c1)CCC2NC(=O)Cc1ccncc1. The summed E-state index contributed by atoms with van der Waals surface area (Å²) >= 11 is 0. The monoisotopic (exact) mass is 527 g/mol. The zero-order chi connectivity index (χ0) is 27.1. The number of aromatic nitrogens is 7. The van der Waals surface area contributed by atoms with Gasteiger partial charge in [0.05, 0.1) is 18.0 Å². The largest absolute Gasteiger partial charge is 0.383 e. The molecule has 0 aliphatic heterocycles. The van der Waals surface area contributed by atoms with E-state index in [2.05, 4.69) is 32.5 Å². The van der Waals surface area contributed by atoms with Crippen molar-refractivity contribution in [1.82, 2.24) is 39.6 Å². The number of nitrogens with one attached hydrogen (secondary N) is 1. The first kappa shape index (κ1) is 23.7. The predicted octanol–water partition coefficient (Wildman–Crippen LogP) is 3.99. The van der Waals surface area contributed by atoms with E-state index in [0.29, 0.717) is 29.5 Å². The van der Waals surface area contributed by atoms with Crippen LogP contribution < -0.4 is 11.1 Å². The first-order chi connectivity index (χ1) is 19.6. The van der Waals surface area contributed by atoms with Gasteiger partial charge in [0, 0.05) is 36.7 Å². The Hall–Kier alpha value is -5.38. The minimum Gasteiger partial charge on any atom is -0.383 e. The van der Waals surface area contributed by atoms with E-state index in [1.165, 1.54) is 5.56 Å². The Balaban J connectivity index is 1.28. The van der Waals surface area contributed by atoms with Gasteiger partial charge in [0.15, 0.2) is 17.3 Å². The summed E-state index contributed by atoms with van der Waals surface area (Å²) in [5.74, 6) is 1.73. The molecule has 40 heavy (non-hydrogen) atoms. The number of pyridine rings is 3. The Morgan fingerprint density at radius 3 is 2.73 bits per heavy atom. The van der Waals surface area contributed by atoms with Crippen molar-refractivity contribution in [2.75, 3.05) is 5.73 Å². The predicted molar refractivity (Wildman–Crippen MR) is 151 cm³/mol. The molecule has 7 rings (SSSR count). The maximum atomic E-state index is 12.8. The molecule has 10 heteroatoms. The number of carbonyl (C=O) groups is 1. The minimum atomic E-state index is -0.0316. The van der Waals surface area contributed by atoms with Crippen molar-refractivity contribution in [1.29, 1.82) is 0 Å². The van der Waals surface area contributed by atoms with E-state index in [1.807, 2.05) is 59.3 Å². The van der Waals surface area contributed by atoms with Crippen molar-refractivity contribution in [3.05, 3.63) is 108 Å². The Morgan fingerprint density at radius 2 is 1.90 bits per heavy atom. The van der Waals surface area contributed by atoms with Crippen molar-refractivity contribution in [2.24, 2.45) is 0 Å². The number of fused-ring (bicyclic) bond motifs is 2. The molecular formula is C30H25N9O. The number of amides is 1. The zero-order valence-corrected chi connectivity index (χ0v) is 21.5. The summed E-state index contributed by atoms with van der Waals surface area (Å²) in [6, 6.07) is 19.4. The number of hydrogen-bond acceptors (Lipinski definition) is 7. The van der Waals surface area contributed by atoms with Crippen molar-refractivity contribution >= 4 is 22.9 Å². The van der Waals surface area contributed by atoms with E-state index in [4.69, 9.17) is 15.7 Å². The summed E-state index contributed by atoms with van der Waals surface area (Å²) in [7, 11) is 0. The van der Waals surface area contributed by atoms with Crippen LogP contribution in [0.15, 0.2) is 91.6 Å². The lowest BCUT2D eigenvalue weighted by molar-refractivity contribution is -0.121. The number of imidazole rings is 1. The van der Waals surface area contributed by atoms with Crippen LogP contribution in [0, 0.1) is 0 Å². The average molecular weight is 528 g/mol. The standard InChI is InChI=1S/C30H25N9O/c31-28-23(3-1-12-33-28)29-36-25-8-9-26(38-16-2-13-34-38)37-30(25)39(29)21-5-6-22-20(18-21)4-7-24(22)35-27(40)17-19-10-14-32-15-11-19/h1-3,5-6,8-16,18,24H,4,7,17H2,(H2,31,33)(H,35,40). The van der Waals surface area contributed by atoms with Gasteiger partial charge in [0.2, 0.25) is 5.91 Å². The highest BCUT2D eigenvalue weighted by Gasteiger charge is 2.26. The van der Waals surface area contributed by atoms with Crippen molar-refractivity contribution in [3.8, 4) is 22.9 Å². The molecule has 196 valence electrons. The Labute approximate surface area is 229 Å². The second-order valence-electron chi connectivity index (χ2n) is 9.74. The van der Waals surface area contributed by atoms with Crippen LogP contribution in [-0.2, 0) is 17.6 Å². The fourth-order valence-electron chi connectivity index (χ4n) is 5.34. The normalized spacial score (nSPS) is 14.3. The Morgan fingerprint density at radius 1 is 1.00 bits per heavy atom. The number of aryl methyl sites for hydroxylation is 1. The molecule has 0 bridgehead atoms. The molecule has 10 nitrogen and oxygen atoms in total.